The van der Waals surface area contributed by atoms with Gasteiger partial charge < -0.3 is 10.2 Å². The summed E-state index contributed by atoms with van der Waals surface area (Å²) in [5.41, 5.74) is 0.698. The minimum absolute atomic E-state index is 0.130. The first-order valence-electron chi connectivity index (χ1n) is 7.81. The van der Waals surface area contributed by atoms with E-state index < -0.39 is 0 Å². The molecule has 2 aromatic rings. The summed E-state index contributed by atoms with van der Waals surface area (Å²) in [4.78, 5) is 26.5. The van der Waals surface area contributed by atoms with Crippen LogP contribution < -0.4 is 10.9 Å². The van der Waals surface area contributed by atoms with Crippen molar-refractivity contribution in [3.63, 3.8) is 0 Å². The first-order valence-corrected chi connectivity index (χ1v) is 7.81. The zero-order valence-electron chi connectivity index (χ0n) is 13.1. The van der Waals surface area contributed by atoms with Gasteiger partial charge in [0.15, 0.2) is 0 Å². The lowest BCUT2D eigenvalue weighted by Crippen LogP contribution is -2.47. The molecule has 23 heavy (non-hydrogen) atoms. The number of amides is 1. The highest BCUT2D eigenvalue weighted by Crippen LogP contribution is 2.12. The Kier molecular flexibility index (Phi) is 4.52. The van der Waals surface area contributed by atoms with Gasteiger partial charge >= 0.3 is 0 Å². The molecule has 1 fully saturated rings. The summed E-state index contributed by atoms with van der Waals surface area (Å²) in [5, 5.41) is 7.48. The number of benzene rings is 1. The Bertz CT molecular complexity index is 742. The van der Waals surface area contributed by atoms with Crippen molar-refractivity contribution in [2.24, 2.45) is 0 Å². The van der Waals surface area contributed by atoms with Gasteiger partial charge in [-0.25, -0.2) is 0 Å². The fourth-order valence-electron chi connectivity index (χ4n) is 2.84. The van der Waals surface area contributed by atoms with Crippen LogP contribution in [-0.4, -0.2) is 46.8 Å². The second-order valence-electron chi connectivity index (χ2n) is 5.68. The van der Waals surface area contributed by atoms with Gasteiger partial charge in [0.25, 0.3) is 11.5 Å². The van der Waals surface area contributed by atoms with Gasteiger partial charge in [-0.3, -0.25) is 9.59 Å². The monoisotopic (exact) mass is 312 g/mol. The van der Waals surface area contributed by atoms with Crippen molar-refractivity contribution in [1.82, 2.24) is 20.0 Å². The molecule has 1 atom stereocenters. The van der Waals surface area contributed by atoms with E-state index in [4.69, 9.17) is 0 Å². The molecule has 2 heterocycles. The third kappa shape index (κ3) is 3.32. The summed E-state index contributed by atoms with van der Waals surface area (Å²) >= 11 is 0. The fourth-order valence-corrected chi connectivity index (χ4v) is 2.84. The molecule has 1 amide bonds. The van der Waals surface area contributed by atoms with Crippen molar-refractivity contribution < 1.29 is 4.79 Å². The van der Waals surface area contributed by atoms with E-state index in [1.54, 1.807) is 17.0 Å². The first-order chi connectivity index (χ1) is 11.2. The molecule has 1 aromatic heterocycles. The van der Waals surface area contributed by atoms with E-state index in [-0.39, 0.29) is 11.5 Å². The van der Waals surface area contributed by atoms with Gasteiger partial charge in [-0.2, -0.15) is 9.78 Å². The lowest BCUT2D eigenvalue weighted by atomic mass is 10.1. The summed E-state index contributed by atoms with van der Waals surface area (Å²) in [6.45, 7) is 1.39. The Hall–Kier alpha value is -2.47. The molecule has 1 aliphatic rings. The number of hydrogen-bond acceptors (Lipinski definition) is 4. The Morgan fingerprint density at radius 3 is 2.74 bits per heavy atom. The number of likely N-dealkylation sites (N-methyl/N-ethyl adjacent to an activating group) is 1. The maximum atomic E-state index is 12.7. The van der Waals surface area contributed by atoms with Crippen LogP contribution in [0.5, 0.6) is 0 Å². The third-order valence-electron chi connectivity index (χ3n) is 4.14. The zero-order chi connectivity index (χ0) is 16.2. The summed E-state index contributed by atoms with van der Waals surface area (Å²) in [7, 11) is 1.91. The molecule has 0 bridgehead atoms. The Morgan fingerprint density at radius 2 is 2.00 bits per heavy atom. The predicted octanol–water partition coefficient (Wildman–Crippen LogP) is 1.06. The van der Waals surface area contributed by atoms with Crippen LogP contribution in [0.3, 0.4) is 0 Å². The molecule has 1 saturated heterocycles. The number of carbonyl (C=O) groups excluding carboxylic acids is 1. The number of aromatic nitrogens is 2. The average molecular weight is 312 g/mol. The minimum Gasteiger partial charge on any atom is -0.336 e. The maximum Gasteiger partial charge on any atom is 0.274 e. The SMILES string of the molecule is CNC1CCCN(C(=O)c2ccc(=O)n(-c3ccccc3)n2)C1. The van der Waals surface area contributed by atoms with E-state index in [1.165, 1.54) is 16.8 Å². The van der Waals surface area contributed by atoms with Crippen LogP contribution >= 0.6 is 0 Å². The van der Waals surface area contributed by atoms with Crippen LogP contribution in [0, 0.1) is 0 Å². The summed E-state index contributed by atoms with van der Waals surface area (Å²) < 4.78 is 1.27. The minimum atomic E-state index is -0.250. The lowest BCUT2D eigenvalue weighted by molar-refractivity contribution is 0.0690. The number of likely N-dealkylation sites (tertiary alicyclic amines) is 1. The fraction of sp³-hybridized carbons (Fsp3) is 0.353. The van der Waals surface area contributed by atoms with Crippen molar-refractivity contribution >= 4 is 5.91 Å². The third-order valence-corrected chi connectivity index (χ3v) is 4.14. The van der Waals surface area contributed by atoms with Crippen LogP contribution in [-0.2, 0) is 0 Å². The van der Waals surface area contributed by atoms with Gasteiger partial charge in [-0.05, 0) is 38.1 Å². The van der Waals surface area contributed by atoms with Gasteiger partial charge in [0, 0.05) is 25.2 Å². The highest BCUT2D eigenvalue weighted by molar-refractivity contribution is 5.92. The topological polar surface area (TPSA) is 67.2 Å². The molecule has 6 nitrogen and oxygen atoms in total. The van der Waals surface area contributed by atoms with Crippen LogP contribution in [0.25, 0.3) is 5.69 Å². The number of nitrogens with zero attached hydrogens (tertiary/aromatic N) is 3. The molecular formula is C17H20N4O2. The van der Waals surface area contributed by atoms with Crippen LogP contribution in [0.2, 0.25) is 0 Å². The molecule has 0 aliphatic carbocycles. The molecule has 1 unspecified atom stereocenters. The molecule has 1 N–H and O–H groups in total. The average Bonchev–Trinajstić information content (AvgIpc) is 2.62. The van der Waals surface area contributed by atoms with E-state index in [2.05, 4.69) is 10.4 Å². The number of nitrogens with one attached hydrogen (secondary N) is 1. The van der Waals surface area contributed by atoms with Gasteiger partial charge in [-0.15, -0.1) is 0 Å². The molecule has 0 saturated carbocycles. The smallest absolute Gasteiger partial charge is 0.274 e. The van der Waals surface area contributed by atoms with E-state index in [0.717, 1.165) is 19.4 Å². The van der Waals surface area contributed by atoms with Crippen LogP contribution in [0.4, 0.5) is 0 Å². The second kappa shape index (κ2) is 6.75. The maximum absolute atomic E-state index is 12.7. The lowest BCUT2D eigenvalue weighted by Gasteiger charge is -2.32. The molecule has 1 aliphatic heterocycles. The standard InChI is InChI=1S/C17H20N4O2/c1-18-13-6-5-11-20(12-13)17(23)15-9-10-16(22)21(19-15)14-7-3-2-4-8-14/h2-4,7-10,13,18H,5-6,11-12H2,1H3. The second-order valence-corrected chi connectivity index (χ2v) is 5.68. The Morgan fingerprint density at radius 1 is 1.22 bits per heavy atom. The molecule has 3 rings (SSSR count). The number of carbonyl (C=O) groups is 1. The van der Waals surface area contributed by atoms with E-state index in [0.29, 0.717) is 24.0 Å². The molecule has 0 spiro atoms. The normalized spacial score (nSPS) is 18.0. The highest BCUT2D eigenvalue weighted by Gasteiger charge is 2.24. The summed E-state index contributed by atoms with van der Waals surface area (Å²) in [6, 6.07) is 12.3. The Balaban J connectivity index is 1.89. The molecule has 120 valence electrons. The highest BCUT2D eigenvalue weighted by atomic mass is 16.2. The summed E-state index contributed by atoms with van der Waals surface area (Å²) in [6.07, 6.45) is 2.03. The first kappa shape index (κ1) is 15.4. The van der Waals surface area contributed by atoms with E-state index in [9.17, 15) is 9.59 Å². The molecule has 6 heteroatoms. The van der Waals surface area contributed by atoms with E-state index >= 15 is 0 Å². The van der Waals surface area contributed by atoms with Crippen molar-refractivity contribution in [3.8, 4) is 5.69 Å². The van der Waals surface area contributed by atoms with Crippen molar-refractivity contribution in [2.75, 3.05) is 20.1 Å². The number of hydrogen-bond donors (Lipinski definition) is 1. The predicted molar refractivity (Wildman–Crippen MR) is 87.8 cm³/mol. The van der Waals surface area contributed by atoms with Crippen molar-refractivity contribution in [1.29, 1.82) is 0 Å². The van der Waals surface area contributed by atoms with Crippen molar-refractivity contribution in [3.05, 3.63) is 58.5 Å². The van der Waals surface area contributed by atoms with E-state index in [1.807, 2.05) is 25.2 Å². The molecule has 0 radical (unpaired) electrons. The largest absolute Gasteiger partial charge is 0.336 e. The molecule has 1 aromatic carbocycles. The number of piperidine rings is 1. The van der Waals surface area contributed by atoms with Gasteiger partial charge in [0.2, 0.25) is 0 Å². The Labute approximate surface area is 134 Å². The quantitative estimate of drug-likeness (QED) is 0.920. The summed E-state index contributed by atoms with van der Waals surface area (Å²) in [5.74, 6) is -0.130. The van der Waals surface area contributed by atoms with Gasteiger partial charge in [0.05, 0.1) is 5.69 Å². The zero-order valence-corrected chi connectivity index (χ0v) is 13.1. The molecular weight excluding hydrogens is 292 g/mol. The van der Waals surface area contributed by atoms with Crippen LogP contribution in [0.1, 0.15) is 23.3 Å². The van der Waals surface area contributed by atoms with Crippen LogP contribution in [0.15, 0.2) is 47.3 Å². The number of rotatable bonds is 3. The van der Waals surface area contributed by atoms with Gasteiger partial charge in [0.1, 0.15) is 5.69 Å². The number of para-hydroxylation sites is 1. The van der Waals surface area contributed by atoms with Gasteiger partial charge in [-0.1, -0.05) is 18.2 Å². The van der Waals surface area contributed by atoms with Crippen molar-refractivity contribution in [2.45, 2.75) is 18.9 Å².